The molecule has 0 radical (unpaired) electrons. The van der Waals surface area contributed by atoms with Crippen LogP contribution in [-0.4, -0.2) is 48.9 Å². The van der Waals surface area contributed by atoms with Crippen LogP contribution in [0.1, 0.15) is 19.8 Å². The quantitative estimate of drug-likeness (QED) is 0.648. The van der Waals surface area contributed by atoms with Crippen molar-refractivity contribution in [3.8, 4) is 0 Å². The number of carbonyl (C=O) groups is 2. The predicted molar refractivity (Wildman–Crippen MR) is 51.7 cm³/mol. The third-order valence-electron chi connectivity index (χ3n) is 2.30. The average Bonchev–Trinajstić information content (AvgIpc) is 2.25. The Morgan fingerprint density at radius 3 is 2.80 bits per heavy atom. The van der Waals surface area contributed by atoms with E-state index in [0.717, 1.165) is 0 Å². The molecular weight excluding hydrogens is 200 g/mol. The molecule has 0 spiro atoms. The first kappa shape index (κ1) is 11.8. The number of hydroxylamine groups is 2. The van der Waals surface area contributed by atoms with Gasteiger partial charge in [0.25, 0.3) is 0 Å². The SMILES string of the molecule is CCC(=O)OC1CCN(OC)C(=O)N1C. The second-order valence-corrected chi connectivity index (χ2v) is 3.26. The van der Waals surface area contributed by atoms with Crippen molar-refractivity contribution in [1.82, 2.24) is 9.96 Å². The summed E-state index contributed by atoms with van der Waals surface area (Å²) >= 11 is 0. The van der Waals surface area contributed by atoms with E-state index in [4.69, 9.17) is 9.57 Å². The molecular formula is C9H16N2O4. The van der Waals surface area contributed by atoms with E-state index < -0.39 is 6.23 Å². The minimum absolute atomic E-state index is 0.294. The second kappa shape index (κ2) is 4.97. The van der Waals surface area contributed by atoms with E-state index in [2.05, 4.69) is 0 Å². The maximum Gasteiger partial charge on any atom is 0.346 e. The van der Waals surface area contributed by atoms with Crippen molar-refractivity contribution in [2.75, 3.05) is 20.7 Å². The number of ether oxygens (including phenoxy) is 1. The smallest absolute Gasteiger partial charge is 0.346 e. The highest BCUT2D eigenvalue weighted by Crippen LogP contribution is 2.15. The number of amides is 2. The molecule has 0 aromatic carbocycles. The lowest BCUT2D eigenvalue weighted by Gasteiger charge is -2.36. The van der Waals surface area contributed by atoms with Gasteiger partial charge in [0.05, 0.1) is 13.7 Å². The van der Waals surface area contributed by atoms with Gasteiger partial charge in [-0.15, -0.1) is 0 Å². The van der Waals surface area contributed by atoms with E-state index in [0.29, 0.717) is 19.4 Å². The first-order valence-corrected chi connectivity index (χ1v) is 4.88. The number of urea groups is 1. The summed E-state index contributed by atoms with van der Waals surface area (Å²) in [5.74, 6) is -0.300. The van der Waals surface area contributed by atoms with Crippen molar-refractivity contribution in [3.05, 3.63) is 0 Å². The molecule has 0 aromatic heterocycles. The molecule has 6 heteroatoms. The van der Waals surface area contributed by atoms with Crippen LogP contribution < -0.4 is 0 Å². The number of carbonyl (C=O) groups excluding carboxylic acids is 2. The molecule has 15 heavy (non-hydrogen) atoms. The largest absolute Gasteiger partial charge is 0.441 e. The van der Waals surface area contributed by atoms with Gasteiger partial charge in [0.2, 0.25) is 0 Å². The molecule has 1 saturated heterocycles. The maximum atomic E-state index is 11.6. The molecule has 1 rings (SSSR count). The topological polar surface area (TPSA) is 59.1 Å². The lowest BCUT2D eigenvalue weighted by atomic mass is 10.3. The number of hydrogen-bond acceptors (Lipinski definition) is 4. The number of esters is 1. The molecule has 1 aliphatic rings. The van der Waals surface area contributed by atoms with Crippen molar-refractivity contribution in [2.45, 2.75) is 26.0 Å². The fourth-order valence-corrected chi connectivity index (χ4v) is 1.36. The normalized spacial score (nSPS) is 21.8. The molecule has 1 aliphatic heterocycles. The molecule has 2 amide bonds. The van der Waals surface area contributed by atoms with Crippen LogP contribution in [0.15, 0.2) is 0 Å². The summed E-state index contributed by atoms with van der Waals surface area (Å²) in [7, 11) is 3.02. The number of rotatable bonds is 3. The first-order chi connectivity index (χ1) is 7.10. The van der Waals surface area contributed by atoms with Crippen LogP contribution >= 0.6 is 0 Å². The Balaban J connectivity index is 2.56. The average molecular weight is 216 g/mol. The molecule has 0 bridgehead atoms. The summed E-state index contributed by atoms with van der Waals surface area (Å²) < 4.78 is 5.10. The molecule has 0 N–H and O–H groups in total. The van der Waals surface area contributed by atoms with Gasteiger partial charge >= 0.3 is 12.0 Å². The lowest BCUT2D eigenvalue weighted by molar-refractivity contribution is -0.171. The lowest BCUT2D eigenvalue weighted by Crippen LogP contribution is -2.53. The molecule has 0 aromatic rings. The van der Waals surface area contributed by atoms with Crippen molar-refractivity contribution in [2.24, 2.45) is 0 Å². The monoisotopic (exact) mass is 216 g/mol. The maximum absolute atomic E-state index is 11.6. The predicted octanol–water partition coefficient (Wildman–Crippen LogP) is 0.585. The summed E-state index contributed by atoms with van der Waals surface area (Å²) in [5.41, 5.74) is 0. The Labute approximate surface area is 88.7 Å². The number of nitrogens with zero attached hydrogens (tertiary/aromatic N) is 2. The van der Waals surface area contributed by atoms with Crippen LogP contribution in [0, 0.1) is 0 Å². The molecule has 1 heterocycles. The Kier molecular flexibility index (Phi) is 3.90. The highest BCUT2D eigenvalue weighted by Gasteiger charge is 2.32. The van der Waals surface area contributed by atoms with Gasteiger partial charge in [-0.05, 0) is 0 Å². The van der Waals surface area contributed by atoms with Crippen LogP contribution in [0.3, 0.4) is 0 Å². The first-order valence-electron chi connectivity index (χ1n) is 4.88. The molecule has 0 saturated carbocycles. The van der Waals surface area contributed by atoms with Gasteiger partial charge in [-0.25, -0.2) is 9.86 Å². The Bertz CT molecular complexity index is 256. The van der Waals surface area contributed by atoms with Crippen LogP contribution in [-0.2, 0) is 14.4 Å². The van der Waals surface area contributed by atoms with E-state index in [1.807, 2.05) is 0 Å². The summed E-state index contributed by atoms with van der Waals surface area (Å²) in [6, 6.07) is -0.294. The van der Waals surface area contributed by atoms with Crippen LogP contribution in [0.5, 0.6) is 0 Å². The van der Waals surface area contributed by atoms with Crippen LogP contribution in [0.25, 0.3) is 0 Å². The van der Waals surface area contributed by atoms with Crippen LogP contribution in [0.2, 0.25) is 0 Å². The van der Waals surface area contributed by atoms with Crippen molar-refractivity contribution in [1.29, 1.82) is 0 Å². The second-order valence-electron chi connectivity index (χ2n) is 3.26. The van der Waals surface area contributed by atoms with E-state index in [1.165, 1.54) is 17.1 Å². The minimum atomic E-state index is -0.476. The molecule has 1 fully saturated rings. The molecule has 1 atom stereocenters. The summed E-state index contributed by atoms with van der Waals surface area (Å²) in [4.78, 5) is 28.9. The molecule has 0 aliphatic carbocycles. The van der Waals surface area contributed by atoms with Gasteiger partial charge < -0.3 is 4.74 Å². The van der Waals surface area contributed by atoms with Gasteiger partial charge in [-0.3, -0.25) is 14.5 Å². The fraction of sp³-hybridized carbons (Fsp3) is 0.778. The van der Waals surface area contributed by atoms with E-state index in [9.17, 15) is 9.59 Å². The third-order valence-corrected chi connectivity index (χ3v) is 2.30. The van der Waals surface area contributed by atoms with E-state index in [1.54, 1.807) is 14.0 Å². The van der Waals surface area contributed by atoms with E-state index in [-0.39, 0.29) is 12.0 Å². The molecule has 1 unspecified atom stereocenters. The summed E-state index contributed by atoms with van der Waals surface area (Å²) in [6.45, 7) is 2.15. The Morgan fingerprint density at radius 2 is 2.27 bits per heavy atom. The molecule has 86 valence electrons. The van der Waals surface area contributed by atoms with Crippen molar-refractivity contribution >= 4 is 12.0 Å². The van der Waals surface area contributed by atoms with Crippen molar-refractivity contribution in [3.63, 3.8) is 0 Å². The zero-order valence-corrected chi connectivity index (χ0v) is 9.23. The third kappa shape index (κ3) is 2.59. The van der Waals surface area contributed by atoms with Crippen LogP contribution in [0.4, 0.5) is 4.79 Å². The standard InChI is InChI=1S/C9H16N2O4/c1-4-8(12)15-7-5-6-11(14-3)9(13)10(7)2/h7H,4-6H2,1-3H3. The zero-order chi connectivity index (χ0) is 11.4. The highest BCUT2D eigenvalue weighted by molar-refractivity contribution is 5.75. The van der Waals surface area contributed by atoms with Gasteiger partial charge in [0.15, 0.2) is 6.23 Å². The Morgan fingerprint density at radius 1 is 1.60 bits per heavy atom. The summed E-state index contributed by atoms with van der Waals surface area (Å²) in [5, 5.41) is 1.23. The number of hydrogen-bond donors (Lipinski definition) is 0. The Hall–Kier alpha value is -1.30. The van der Waals surface area contributed by atoms with Gasteiger partial charge in [0, 0.05) is 19.9 Å². The van der Waals surface area contributed by atoms with Gasteiger partial charge in [0.1, 0.15) is 0 Å². The highest BCUT2D eigenvalue weighted by atomic mass is 16.7. The van der Waals surface area contributed by atoms with Crippen molar-refractivity contribution < 1.29 is 19.2 Å². The zero-order valence-electron chi connectivity index (χ0n) is 9.23. The summed E-state index contributed by atoms with van der Waals surface area (Å²) in [6.07, 6.45) is 0.394. The van der Waals surface area contributed by atoms with Gasteiger partial charge in [-0.2, -0.15) is 0 Å². The minimum Gasteiger partial charge on any atom is -0.441 e. The molecule has 6 nitrogen and oxygen atoms in total. The van der Waals surface area contributed by atoms with Gasteiger partial charge in [-0.1, -0.05) is 6.92 Å². The van der Waals surface area contributed by atoms with E-state index >= 15 is 0 Å². The fourth-order valence-electron chi connectivity index (χ4n) is 1.36.